The summed E-state index contributed by atoms with van der Waals surface area (Å²) in [5, 5.41) is 20.5. The summed E-state index contributed by atoms with van der Waals surface area (Å²) in [7, 11) is -5.17. The summed E-state index contributed by atoms with van der Waals surface area (Å²) in [6, 6.07) is 12.0. The van der Waals surface area contributed by atoms with Gasteiger partial charge in [0.05, 0.1) is 22.2 Å². The number of pyridine rings is 1. The van der Waals surface area contributed by atoms with Crippen LogP contribution in [-0.4, -0.2) is 101 Å². The van der Waals surface area contributed by atoms with E-state index in [2.05, 4.69) is 19.7 Å². The van der Waals surface area contributed by atoms with Crippen molar-refractivity contribution in [2.75, 3.05) is 50.4 Å². The summed E-state index contributed by atoms with van der Waals surface area (Å²) in [5.74, 6) is 0.000465. The quantitative estimate of drug-likeness (QED) is 0.432. The van der Waals surface area contributed by atoms with E-state index < -0.39 is 20.6 Å². The number of benzene rings is 2. The number of fused-ring (bicyclic) bond motifs is 1. The van der Waals surface area contributed by atoms with Gasteiger partial charge in [-0.25, -0.2) is 8.42 Å². The van der Waals surface area contributed by atoms with E-state index in [1.165, 1.54) is 30.5 Å². The maximum Gasteiger partial charge on any atom is 0.210 e. The zero-order valence-electron chi connectivity index (χ0n) is 24.1. The Morgan fingerprint density at radius 2 is 1.55 bits per heavy atom. The molecule has 6 rings (SSSR count). The molecule has 2 aromatic carbocycles. The molecule has 3 aromatic rings. The Bertz CT molecular complexity index is 1550. The number of hydrogen-bond acceptors (Lipinski definition) is 9. The highest BCUT2D eigenvalue weighted by atomic mass is 32.2. The number of aromatic nitrogens is 1. The molecule has 0 unspecified atom stereocenters. The number of aromatic hydroxyl groups is 1. The van der Waals surface area contributed by atoms with Crippen LogP contribution in [0.4, 0.5) is 5.69 Å². The Labute approximate surface area is 250 Å². The van der Waals surface area contributed by atoms with E-state index in [-0.39, 0.29) is 21.6 Å². The smallest absolute Gasteiger partial charge is 0.210 e. The van der Waals surface area contributed by atoms with Crippen LogP contribution in [0.25, 0.3) is 10.9 Å². The van der Waals surface area contributed by atoms with E-state index in [0.29, 0.717) is 46.7 Å². The van der Waals surface area contributed by atoms with E-state index in [9.17, 15) is 22.8 Å². The maximum absolute atomic E-state index is 13.9. The molecule has 0 aliphatic carbocycles. The van der Waals surface area contributed by atoms with Crippen molar-refractivity contribution >= 4 is 37.2 Å². The molecule has 0 bridgehead atoms. The lowest BCUT2D eigenvalue weighted by atomic mass is 9.95. The van der Waals surface area contributed by atoms with Gasteiger partial charge in [0.25, 0.3) is 0 Å². The van der Waals surface area contributed by atoms with Gasteiger partial charge in [0.1, 0.15) is 10.6 Å². The fourth-order valence-corrected chi connectivity index (χ4v) is 8.96. The summed E-state index contributed by atoms with van der Waals surface area (Å²) < 4.78 is 40.2. The first-order valence-electron chi connectivity index (χ1n) is 14.9. The second-order valence-corrected chi connectivity index (χ2v) is 15.2. The maximum atomic E-state index is 13.9. The van der Waals surface area contributed by atoms with Crippen LogP contribution in [0.5, 0.6) is 5.75 Å². The highest BCUT2D eigenvalue weighted by Gasteiger charge is 2.34. The van der Waals surface area contributed by atoms with E-state index in [1.54, 1.807) is 12.3 Å². The van der Waals surface area contributed by atoms with Crippen LogP contribution >= 0.6 is 0 Å². The topological polar surface area (TPSA) is 114 Å². The van der Waals surface area contributed by atoms with Gasteiger partial charge in [-0.05, 0) is 101 Å². The first-order chi connectivity index (χ1) is 20.2. The van der Waals surface area contributed by atoms with E-state index >= 15 is 0 Å². The van der Waals surface area contributed by atoms with Crippen LogP contribution in [0.15, 0.2) is 63.3 Å². The van der Waals surface area contributed by atoms with Gasteiger partial charge < -0.3 is 20.0 Å². The van der Waals surface area contributed by atoms with Crippen molar-refractivity contribution in [2.45, 2.75) is 71.4 Å². The zero-order valence-corrected chi connectivity index (χ0v) is 25.7. The lowest BCUT2D eigenvalue weighted by Crippen LogP contribution is -2.53. The second-order valence-electron chi connectivity index (χ2n) is 11.9. The molecule has 4 heterocycles. The van der Waals surface area contributed by atoms with Gasteiger partial charge in [-0.15, -0.1) is 0 Å². The molecule has 3 saturated heterocycles. The Balaban J connectivity index is 1.24. The first-order valence-corrected chi connectivity index (χ1v) is 18.0. The first kappa shape index (κ1) is 29.5. The van der Waals surface area contributed by atoms with Crippen LogP contribution in [0.3, 0.4) is 0 Å². The van der Waals surface area contributed by atoms with Gasteiger partial charge in [0, 0.05) is 65.3 Å². The van der Waals surface area contributed by atoms with Crippen molar-refractivity contribution in [1.82, 2.24) is 14.8 Å². The summed E-state index contributed by atoms with van der Waals surface area (Å²) in [6.07, 6.45) is 8.94. The number of phenols is 1. The summed E-state index contributed by atoms with van der Waals surface area (Å²) >= 11 is 0. The van der Waals surface area contributed by atoms with E-state index in [1.807, 2.05) is 12.1 Å². The molecule has 3 fully saturated rings. The standard InChI is InChI=1S/C31H40N4O5S2/c1-41(38)26-6-9-29-28(19-26)31(30(20-32-29)42(39,40)27-7-4-24(36)5-8-27)34-17-12-22(13-18-34)33-15-10-23(11-16-33)35-14-2-3-25(37)21-35/h4-9,19-20,22-23,25,36-37H,2-3,10-18,21H2,1H3/t25-,41+/m0/s1. The normalized spacial score (nSPS) is 22.9. The van der Waals surface area contributed by atoms with Crippen molar-refractivity contribution in [2.24, 2.45) is 0 Å². The summed E-state index contributed by atoms with van der Waals surface area (Å²) in [4.78, 5) is 12.6. The Hall–Kier alpha value is -2.57. The minimum Gasteiger partial charge on any atom is -0.508 e. The third-order valence-corrected chi connectivity index (χ3v) is 12.0. The minimum atomic E-state index is -3.94. The molecule has 2 atom stereocenters. The van der Waals surface area contributed by atoms with Gasteiger partial charge in [0.15, 0.2) is 0 Å². The number of hydrogen-bond donors (Lipinski definition) is 2. The van der Waals surface area contributed by atoms with Gasteiger partial charge >= 0.3 is 0 Å². The molecule has 3 aliphatic heterocycles. The molecule has 2 N–H and O–H groups in total. The third-order valence-electron chi connectivity index (χ3n) is 9.29. The van der Waals surface area contributed by atoms with Crippen LogP contribution in [0.2, 0.25) is 0 Å². The molecule has 0 amide bonds. The number of aliphatic hydroxyl groups is 1. The van der Waals surface area contributed by atoms with Crippen LogP contribution < -0.4 is 4.90 Å². The number of piperidine rings is 3. The average Bonchev–Trinajstić information content (AvgIpc) is 3.00. The molecule has 0 saturated carbocycles. The SMILES string of the molecule is C[S@@](=O)c1ccc2ncc(S(=O)(=O)c3ccc(O)cc3)c(N3CCC(N4CCC(N5CCC[C@H](O)C5)CC4)CC3)c2c1. The second kappa shape index (κ2) is 12.2. The predicted molar refractivity (Wildman–Crippen MR) is 164 cm³/mol. The van der Waals surface area contributed by atoms with Gasteiger partial charge in [-0.2, -0.15) is 0 Å². The van der Waals surface area contributed by atoms with Crippen molar-refractivity contribution in [1.29, 1.82) is 0 Å². The fraction of sp³-hybridized carbons (Fsp3) is 0.516. The lowest BCUT2D eigenvalue weighted by molar-refractivity contribution is 0.0170. The van der Waals surface area contributed by atoms with E-state index in [4.69, 9.17) is 0 Å². The van der Waals surface area contributed by atoms with Crippen LogP contribution in [0.1, 0.15) is 38.5 Å². The Kier molecular flexibility index (Phi) is 8.57. The summed E-state index contributed by atoms with van der Waals surface area (Å²) in [5.41, 5.74) is 1.28. The molecule has 0 radical (unpaired) electrons. The number of nitrogens with zero attached hydrogens (tertiary/aromatic N) is 4. The number of β-amino-alcohol motifs (C(OH)–C–C–N with tert-alkyl or cyclic N) is 1. The van der Waals surface area contributed by atoms with E-state index in [0.717, 1.165) is 64.7 Å². The van der Waals surface area contributed by atoms with Crippen molar-refractivity contribution in [3.05, 3.63) is 48.7 Å². The highest BCUT2D eigenvalue weighted by molar-refractivity contribution is 7.91. The number of phenolic OH excluding ortho intramolecular Hbond substituents is 1. The van der Waals surface area contributed by atoms with Crippen molar-refractivity contribution in [3.8, 4) is 5.75 Å². The molecule has 226 valence electrons. The van der Waals surface area contributed by atoms with Crippen molar-refractivity contribution in [3.63, 3.8) is 0 Å². The molecule has 9 nitrogen and oxygen atoms in total. The predicted octanol–water partition coefficient (Wildman–Crippen LogP) is 3.40. The summed E-state index contributed by atoms with van der Waals surface area (Å²) in [6.45, 7) is 5.39. The van der Waals surface area contributed by atoms with Crippen LogP contribution in [0, 0.1) is 0 Å². The largest absolute Gasteiger partial charge is 0.508 e. The monoisotopic (exact) mass is 612 g/mol. The average molecular weight is 613 g/mol. The lowest BCUT2D eigenvalue weighted by Gasteiger charge is -2.45. The number of rotatable bonds is 6. The molecule has 1 aromatic heterocycles. The zero-order chi connectivity index (χ0) is 29.4. The Morgan fingerprint density at radius 3 is 2.21 bits per heavy atom. The molecule has 11 heteroatoms. The molecule has 3 aliphatic rings. The number of likely N-dealkylation sites (tertiary alicyclic amines) is 2. The van der Waals surface area contributed by atoms with Crippen molar-refractivity contribution < 1.29 is 22.8 Å². The fourth-order valence-electron chi connectivity index (χ4n) is 6.98. The van der Waals surface area contributed by atoms with Gasteiger partial charge in [-0.1, -0.05) is 0 Å². The third kappa shape index (κ3) is 5.94. The minimum absolute atomic E-state index is 0.000465. The highest BCUT2D eigenvalue weighted by Crippen LogP contribution is 2.39. The van der Waals surface area contributed by atoms with Gasteiger partial charge in [0.2, 0.25) is 9.84 Å². The molecule has 0 spiro atoms. The number of anilines is 1. The van der Waals surface area contributed by atoms with Crippen LogP contribution in [-0.2, 0) is 20.6 Å². The Morgan fingerprint density at radius 1 is 0.881 bits per heavy atom. The number of aliphatic hydroxyl groups excluding tert-OH is 1. The molecular weight excluding hydrogens is 572 g/mol. The molecular formula is C31H40N4O5S2. The van der Waals surface area contributed by atoms with Gasteiger partial charge in [-0.3, -0.25) is 14.1 Å². The number of sulfone groups is 1. The molecule has 42 heavy (non-hydrogen) atoms.